The first-order valence-electron chi connectivity index (χ1n) is 12.2. The van der Waals surface area contributed by atoms with Crippen LogP contribution in [0.25, 0.3) is 0 Å². The molecule has 7 heteroatoms. The summed E-state index contributed by atoms with van der Waals surface area (Å²) in [4.78, 5) is 0. The van der Waals surface area contributed by atoms with Crippen LogP contribution in [0, 0.1) is 10.8 Å². The van der Waals surface area contributed by atoms with E-state index in [-0.39, 0.29) is 7.47 Å². The normalized spacial score (nSPS) is 13.6. The van der Waals surface area contributed by atoms with Gasteiger partial charge in [-0.1, -0.05) is 48.0 Å². The van der Waals surface area contributed by atoms with E-state index in [1.165, 1.54) is 19.3 Å². The minimum atomic E-state index is 0. The average Bonchev–Trinajstić information content (AvgIpc) is 2.67. The first-order valence-corrected chi connectivity index (χ1v) is 12.2. The molecule has 0 aromatic heterocycles. The van der Waals surface area contributed by atoms with Gasteiger partial charge in [-0.25, -0.2) is 0 Å². The van der Waals surface area contributed by atoms with Gasteiger partial charge in [0.2, 0.25) is 0 Å². The van der Waals surface area contributed by atoms with Crippen molar-refractivity contribution in [2.75, 3.05) is 65.8 Å². The number of nitrogens with two attached hydrogens (primary N) is 1. The van der Waals surface area contributed by atoms with E-state index in [4.69, 9.17) is 20.1 Å². The van der Waals surface area contributed by atoms with Crippen LogP contribution in [0.4, 0.5) is 0 Å². The molecule has 0 aliphatic heterocycles. The van der Waals surface area contributed by atoms with Crippen LogP contribution in [0.3, 0.4) is 0 Å². The van der Waals surface area contributed by atoms with Crippen LogP contribution in [0.15, 0.2) is 0 Å². The van der Waals surface area contributed by atoms with Gasteiger partial charge in [-0.15, -0.1) is 0 Å². The van der Waals surface area contributed by atoms with Crippen LogP contribution in [0.1, 0.15) is 75.1 Å². The Balaban J connectivity index is 0. The third-order valence-corrected chi connectivity index (χ3v) is 4.98. The molecule has 1 atom stereocenters. The molecule has 0 rings (SSSR count). The van der Waals surface area contributed by atoms with Crippen LogP contribution < -0.4 is 21.9 Å². The standard InChI is InChI=1S/C24H54N4O3.H2/c1-23(2,3)10-7-8-12-26-13-17-31-20-19-29-15-9-22(28-25)21-27-14-18-30-16-11-24(4,5)6;/h22,26-28H,7-21,25H2,1-6H3;1H. The molecule has 0 amide bonds. The van der Waals surface area contributed by atoms with Crippen LogP contribution in [-0.4, -0.2) is 71.9 Å². The van der Waals surface area contributed by atoms with Gasteiger partial charge in [0.25, 0.3) is 0 Å². The molecule has 1 unspecified atom stereocenters. The zero-order valence-corrected chi connectivity index (χ0v) is 21.5. The van der Waals surface area contributed by atoms with Crippen molar-refractivity contribution in [2.24, 2.45) is 16.7 Å². The lowest BCUT2D eigenvalue weighted by Gasteiger charge is -2.18. The van der Waals surface area contributed by atoms with E-state index < -0.39 is 0 Å². The van der Waals surface area contributed by atoms with E-state index in [0.29, 0.717) is 30.7 Å². The van der Waals surface area contributed by atoms with Gasteiger partial charge in [-0.2, -0.15) is 0 Å². The van der Waals surface area contributed by atoms with Crippen LogP contribution in [-0.2, 0) is 14.2 Å². The van der Waals surface area contributed by atoms with E-state index >= 15 is 0 Å². The Hall–Kier alpha value is -0.280. The van der Waals surface area contributed by atoms with Gasteiger partial charge in [0.1, 0.15) is 0 Å². The Morgan fingerprint density at radius 2 is 1.26 bits per heavy atom. The Bertz CT molecular complexity index is 390. The second-order valence-electron chi connectivity index (χ2n) is 10.8. The number of hydrogen-bond acceptors (Lipinski definition) is 7. The lowest BCUT2D eigenvalue weighted by Crippen LogP contribution is -2.44. The quantitative estimate of drug-likeness (QED) is 0.122. The Morgan fingerprint density at radius 3 is 1.87 bits per heavy atom. The maximum absolute atomic E-state index is 5.66. The summed E-state index contributed by atoms with van der Waals surface area (Å²) >= 11 is 0. The van der Waals surface area contributed by atoms with E-state index in [1.807, 2.05) is 0 Å². The zero-order valence-electron chi connectivity index (χ0n) is 21.5. The lowest BCUT2D eigenvalue weighted by molar-refractivity contribution is 0.0453. The number of rotatable bonds is 21. The average molecular weight is 449 g/mol. The molecule has 0 saturated carbocycles. The highest BCUT2D eigenvalue weighted by Crippen LogP contribution is 2.21. The minimum Gasteiger partial charge on any atom is -0.380 e. The smallest absolute Gasteiger partial charge is 0.0701 e. The summed E-state index contributed by atoms with van der Waals surface area (Å²) < 4.78 is 16.9. The summed E-state index contributed by atoms with van der Waals surface area (Å²) in [5, 5.41) is 6.81. The summed E-state index contributed by atoms with van der Waals surface area (Å²) in [6, 6.07) is 0.193. The third kappa shape index (κ3) is 25.9. The van der Waals surface area contributed by atoms with Crippen molar-refractivity contribution < 1.29 is 15.6 Å². The first-order chi connectivity index (χ1) is 14.6. The second-order valence-corrected chi connectivity index (χ2v) is 10.8. The van der Waals surface area contributed by atoms with E-state index in [1.54, 1.807) is 0 Å². The molecule has 190 valence electrons. The van der Waals surface area contributed by atoms with Gasteiger partial charge < -0.3 is 24.8 Å². The van der Waals surface area contributed by atoms with Crippen LogP contribution in [0.5, 0.6) is 0 Å². The maximum atomic E-state index is 5.66. The summed E-state index contributed by atoms with van der Waals surface area (Å²) in [6.07, 6.45) is 5.74. The molecule has 0 aromatic carbocycles. The molecule has 31 heavy (non-hydrogen) atoms. The molecular weight excluding hydrogens is 392 g/mol. The van der Waals surface area contributed by atoms with Gasteiger partial charge in [-0.05, 0) is 43.1 Å². The molecule has 0 heterocycles. The number of unbranched alkanes of at least 4 members (excludes halogenated alkanes) is 1. The van der Waals surface area contributed by atoms with Gasteiger partial charge in [0.05, 0.1) is 26.4 Å². The Labute approximate surface area is 194 Å². The molecular formula is C24H56N4O3. The summed E-state index contributed by atoms with van der Waals surface area (Å²) in [5.74, 6) is 5.64. The van der Waals surface area contributed by atoms with Crippen LogP contribution in [0.2, 0.25) is 0 Å². The fourth-order valence-electron chi connectivity index (χ4n) is 2.87. The summed E-state index contributed by atoms with van der Waals surface area (Å²) in [6.45, 7) is 21.4. The second kappa shape index (κ2) is 19.2. The SMILES string of the molecule is CC(C)(C)CCCCNCCOCCOCCC(CNCCOCCC(C)(C)C)NN.[HH]. The fourth-order valence-corrected chi connectivity index (χ4v) is 2.87. The molecule has 0 bridgehead atoms. The van der Waals surface area contributed by atoms with Crippen molar-refractivity contribution >= 4 is 0 Å². The maximum Gasteiger partial charge on any atom is 0.0701 e. The highest BCUT2D eigenvalue weighted by Gasteiger charge is 2.10. The highest BCUT2D eigenvalue weighted by atomic mass is 16.5. The van der Waals surface area contributed by atoms with Gasteiger partial charge in [0.15, 0.2) is 0 Å². The number of nitrogens with one attached hydrogen (secondary N) is 3. The van der Waals surface area contributed by atoms with Crippen molar-refractivity contribution in [2.45, 2.75) is 79.7 Å². The number of ether oxygens (including phenoxy) is 3. The molecule has 0 spiro atoms. The van der Waals surface area contributed by atoms with Gasteiger partial charge >= 0.3 is 0 Å². The number of hydrazine groups is 1. The Kier molecular flexibility index (Phi) is 19.0. The monoisotopic (exact) mass is 448 g/mol. The summed E-state index contributed by atoms with van der Waals surface area (Å²) in [7, 11) is 0. The molecule has 0 aliphatic carbocycles. The largest absolute Gasteiger partial charge is 0.380 e. The summed E-state index contributed by atoms with van der Waals surface area (Å²) in [5.41, 5.74) is 3.62. The fraction of sp³-hybridized carbons (Fsp3) is 1.00. The molecule has 7 nitrogen and oxygen atoms in total. The van der Waals surface area contributed by atoms with Crippen molar-refractivity contribution in [3.63, 3.8) is 0 Å². The molecule has 0 radical (unpaired) electrons. The molecule has 5 N–H and O–H groups in total. The lowest BCUT2D eigenvalue weighted by atomic mass is 9.90. The molecule has 0 saturated heterocycles. The molecule has 0 aliphatic rings. The van der Waals surface area contributed by atoms with Crippen molar-refractivity contribution in [1.82, 2.24) is 16.1 Å². The predicted molar refractivity (Wildman–Crippen MR) is 133 cm³/mol. The number of hydrogen-bond donors (Lipinski definition) is 4. The van der Waals surface area contributed by atoms with Crippen LogP contribution >= 0.6 is 0 Å². The van der Waals surface area contributed by atoms with Crippen molar-refractivity contribution in [1.29, 1.82) is 0 Å². The van der Waals surface area contributed by atoms with Crippen molar-refractivity contribution in [3.05, 3.63) is 0 Å². The Morgan fingerprint density at radius 1 is 0.677 bits per heavy atom. The predicted octanol–water partition coefficient (Wildman–Crippen LogP) is 3.34. The molecule has 0 fully saturated rings. The zero-order chi connectivity index (χ0) is 23.4. The van der Waals surface area contributed by atoms with Gasteiger partial charge in [0, 0.05) is 40.3 Å². The van der Waals surface area contributed by atoms with Crippen molar-refractivity contribution in [3.8, 4) is 0 Å². The highest BCUT2D eigenvalue weighted by molar-refractivity contribution is 4.66. The third-order valence-electron chi connectivity index (χ3n) is 4.98. The van der Waals surface area contributed by atoms with Gasteiger partial charge in [-0.3, -0.25) is 11.3 Å². The first kappa shape index (κ1) is 30.7. The molecule has 0 aromatic rings. The topological polar surface area (TPSA) is 89.8 Å². The van der Waals surface area contributed by atoms with E-state index in [0.717, 1.165) is 58.8 Å². The minimum absolute atomic E-state index is 0. The van der Waals surface area contributed by atoms with E-state index in [2.05, 4.69) is 57.6 Å². The van der Waals surface area contributed by atoms with E-state index in [9.17, 15) is 0 Å².